The van der Waals surface area contributed by atoms with Gasteiger partial charge in [0.15, 0.2) is 0 Å². The predicted octanol–water partition coefficient (Wildman–Crippen LogP) is 2.29. The van der Waals surface area contributed by atoms with Gasteiger partial charge in [-0.15, -0.1) is 0 Å². The first kappa shape index (κ1) is 14.6. The van der Waals surface area contributed by atoms with E-state index in [1.807, 2.05) is 56.3 Å². The summed E-state index contributed by atoms with van der Waals surface area (Å²) < 4.78 is 5.65. The van der Waals surface area contributed by atoms with Crippen LogP contribution in [-0.4, -0.2) is 48.3 Å². The molecule has 0 saturated heterocycles. The molecule has 20 heavy (non-hydrogen) atoms. The Bertz CT molecular complexity index is 549. The van der Waals surface area contributed by atoms with Crippen LogP contribution >= 0.6 is 0 Å². The third-order valence-electron chi connectivity index (χ3n) is 3.00. The van der Waals surface area contributed by atoms with Gasteiger partial charge in [-0.25, -0.2) is 0 Å². The number of aromatic nitrogens is 1. The molecule has 0 spiro atoms. The number of aliphatic hydroxyl groups excluding tert-OH is 1. The van der Waals surface area contributed by atoms with Crippen LogP contribution in [0.4, 0.5) is 0 Å². The lowest BCUT2D eigenvalue weighted by molar-refractivity contribution is 0.0831. The van der Waals surface area contributed by atoms with E-state index in [2.05, 4.69) is 11.1 Å². The highest BCUT2D eigenvalue weighted by Crippen LogP contribution is 2.23. The molecule has 1 aromatic carbocycles. The van der Waals surface area contributed by atoms with Crippen LogP contribution in [0.1, 0.15) is 5.69 Å². The third kappa shape index (κ3) is 4.11. The first-order valence-corrected chi connectivity index (χ1v) is 6.76. The molecule has 4 nitrogen and oxygen atoms in total. The summed E-state index contributed by atoms with van der Waals surface area (Å²) in [4.78, 5) is 5.24. The number of aryl methyl sites for hydroxylation is 1. The molecule has 0 aliphatic rings. The molecule has 0 saturated carbocycles. The van der Waals surface area contributed by atoms with E-state index in [9.17, 15) is 5.11 Å². The minimum Gasteiger partial charge on any atom is -0.491 e. The molecule has 2 N–H and O–H groups in total. The fraction of sp³-hybridized carbons (Fsp3) is 0.375. The van der Waals surface area contributed by atoms with Gasteiger partial charge in [0.05, 0.1) is 0 Å². The summed E-state index contributed by atoms with van der Waals surface area (Å²) in [6.07, 6.45) is -0.485. The van der Waals surface area contributed by atoms with Gasteiger partial charge in [0.2, 0.25) is 0 Å². The highest BCUT2D eigenvalue weighted by molar-refractivity contribution is 5.61. The van der Waals surface area contributed by atoms with Gasteiger partial charge in [-0.1, -0.05) is 12.1 Å². The molecule has 0 aliphatic heterocycles. The maximum Gasteiger partial charge on any atom is 0.120 e. The fourth-order valence-electron chi connectivity index (χ4n) is 2.09. The van der Waals surface area contributed by atoms with E-state index in [-0.39, 0.29) is 0 Å². The van der Waals surface area contributed by atoms with Crippen molar-refractivity contribution in [2.75, 3.05) is 27.2 Å². The van der Waals surface area contributed by atoms with E-state index < -0.39 is 6.10 Å². The Kier molecular flexibility index (Phi) is 4.82. The zero-order valence-corrected chi connectivity index (χ0v) is 12.3. The number of aliphatic hydroxyl groups is 1. The molecule has 1 heterocycles. The Morgan fingerprint density at radius 2 is 2.05 bits per heavy atom. The molecule has 2 aromatic rings. The molecule has 0 aliphatic carbocycles. The second-order valence-electron chi connectivity index (χ2n) is 5.31. The highest BCUT2D eigenvalue weighted by atomic mass is 16.5. The monoisotopic (exact) mass is 274 g/mol. The van der Waals surface area contributed by atoms with Crippen LogP contribution in [0.25, 0.3) is 11.3 Å². The minimum atomic E-state index is -0.485. The van der Waals surface area contributed by atoms with Gasteiger partial charge >= 0.3 is 0 Å². The van der Waals surface area contributed by atoms with Crippen LogP contribution in [0.5, 0.6) is 5.75 Å². The summed E-state index contributed by atoms with van der Waals surface area (Å²) >= 11 is 0. The maximum absolute atomic E-state index is 9.80. The molecular formula is C16H22N2O2. The van der Waals surface area contributed by atoms with Crippen LogP contribution in [0.3, 0.4) is 0 Å². The number of aromatic amines is 1. The molecule has 4 heteroatoms. The summed E-state index contributed by atoms with van der Waals surface area (Å²) in [7, 11) is 3.86. The molecule has 1 unspecified atom stereocenters. The number of hydrogen-bond donors (Lipinski definition) is 2. The van der Waals surface area contributed by atoms with E-state index in [1.54, 1.807) is 0 Å². The van der Waals surface area contributed by atoms with E-state index >= 15 is 0 Å². The van der Waals surface area contributed by atoms with Gasteiger partial charge in [0, 0.05) is 23.5 Å². The van der Waals surface area contributed by atoms with E-state index in [0.717, 1.165) is 22.7 Å². The molecule has 0 radical (unpaired) electrons. The standard InChI is InChI=1S/C16H22N2O2/c1-12-7-8-16(17-12)13-5-4-6-15(9-13)20-11-14(19)10-18(2)3/h4-9,14,17,19H,10-11H2,1-3H3. The smallest absolute Gasteiger partial charge is 0.120 e. The number of ether oxygens (including phenoxy) is 1. The lowest BCUT2D eigenvalue weighted by Gasteiger charge is -2.16. The Labute approximate surface area is 120 Å². The summed E-state index contributed by atoms with van der Waals surface area (Å²) in [5.41, 5.74) is 3.28. The lowest BCUT2D eigenvalue weighted by Crippen LogP contribution is -2.30. The topological polar surface area (TPSA) is 48.5 Å². The molecule has 2 rings (SSSR count). The van der Waals surface area contributed by atoms with Crippen molar-refractivity contribution < 1.29 is 9.84 Å². The van der Waals surface area contributed by atoms with Crippen LogP contribution < -0.4 is 4.74 Å². The lowest BCUT2D eigenvalue weighted by atomic mass is 10.1. The number of likely N-dealkylation sites (N-methyl/N-ethyl adjacent to an activating group) is 1. The van der Waals surface area contributed by atoms with Crippen LogP contribution in [0.15, 0.2) is 36.4 Å². The van der Waals surface area contributed by atoms with Crippen molar-refractivity contribution in [3.8, 4) is 17.0 Å². The van der Waals surface area contributed by atoms with Gasteiger partial charge < -0.3 is 19.7 Å². The Hall–Kier alpha value is -1.78. The Morgan fingerprint density at radius 3 is 2.70 bits per heavy atom. The van der Waals surface area contributed by atoms with Gasteiger partial charge in [0.25, 0.3) is 0 Å². The SMILES string of the molecule is Cc1ccc(-c2cccc(OCC(O)CN(C)C)c2)[nH]1. The maximum atomic E-state index is 9.80. The van der Waals surface area contributed by atoms with E-state index in [0.29, 0.717) is 13.2 Å². The molecule has 0 bridgehead atoms. The fourth-order valence-corrected chi connectivity index (χ4v) is 2.09. The summed E-state index contributed by atoms with van der Waals surface area (Å²) in [6.45, 7) is 2.92. The minimum absolute atomic E-state index is 0.297. The average molecular weight is 274 g/mol. The number of hydrogen-bond acceptors (Lipinski definition) is 3. The number of nitrogens with one attached hydrogen (secondary N) is 1. The zero-order chi connectivity index (χ0) is 14.5. The van der Waals surface area contributed by atoms with Crippen molar-refractivity contribution in [3.05, 3.63) is 42.1 Å². The van der Waals surface area contributed by atoms with Gasteiger partial charge in [-0.05, 0) is 45.3 Å². The first-order valence-electron chi connectivity index (χ1n) is 6.76. The number of H-pyrrole nitrogens is 1. The van der Waals surface area contributed by atoms with Crippen molar-refractivity contribution in [2.45, 2.75) is 13.0 Å². The van der Waals surface area contributed by atoms with Crippen LogP contribution in [0.2, 0.25) is 0 Å². The molecular weight excluding hydrogens is 252 g/mol. The number of nitrogens with zero attached hydrogens (tertiary/aromatic N) is 1. The van der Waals surface area contributed by atoms with Crippen molar-refractivity contribution in [1.29, 1.82) is 0 Å². The van der Waals surface area contributed by atoms with Crippen molar-refractivity contribution in [1.82, 2.24) is 9.88 Å². The second kappa shape index (κ2) is 6.59. The van der Waals surface area contributed by atoms with Crippen molar-refractivity contribution in [3.63, 3.8) is 0 Å². The first-order chi connectivity index (χ1) is 9.54. The summed E-state index contributed by atoms with van der Waals surface area (Å²) in [5, 5.41) is 9.80. The van der Waals surface area contributed by atoms with E-state index in [4.69, 9.17) is 4.74 Å². The quantitative estimate of drug-likeness (QED) is 0.849. The highest BCUT2D eigenvalue weighted by Gasteiger charge is 2.07. The summed E-state index contributed by atoms with van der Waals surface area (Å²) in [5.74, 6) is 0.771. The molecule has 1 atom stereocenters. The van der Waals surface area contributed by atoms with Crippen molar-refractivity contribution >= 4 is 0 Å². The normalized spacial score (nSPS) is 12.7. The van der Waals surface area contributed by atoms with Gasteiger partial charge in [-0.3, -0.25) is 0 Å². The van der Waals surface area contributed by atoms with Crippen LogP contribution in [-0.2, 0) is 0 Å². The van der Waals surface area contributed by atoms with Gasteiger partial charge in [0.1, 0.15) is 18.5 Å². The molecule has 108 valence electrons. The second-order valence-corrected chi connectivity index (χ2v) is 5.31. The summed E-state index contributed by atoms with van der Waals surface area (Å²) in [6, 6.07) is 12.0. The molecule has 0 amide bonds. The number of rotatable bonds is 6. The molecule has 0 fully saturated rings. The Morgan fingerprint density at radius 1 is 1.25 bits per heavy atom. The number of benzene rings is 1. The zero-order valence-electron chi connectivity index (χ0n) is 12.3. The van der Waals surface area contributed by atoms with Crippen molar-refractivity contribution in [2.24, 2.45) is 0 Å². The average Bonchev–Trinajstić information content (AvgIpc) is 2.83. The largest absolute Gasteiger partial charge is 0.491 e. The Balaban J connectivity index is 1.99. The van der Waals surface area contributed by atoms with Gasteiger partial charge in [-0.2, -0.15) is 0 Å². The molecule has 1 aromatic heterocycles. The predicted molar refractivity (Wildman–Crippen MR) is 81.0 cm³/mol. The van der Waals surface area contributed by atoms with Crippen LogP contribution in [0, 0.1) is 6.92 Å². The third-order valence-corrected chi connectivity index (χ3v) is 3.00. The van der Waals surface area contributed by atoms with E-state index in [1.165, 1.54) is 0 Å².